The topological polar surface area (TPSA) is 53.6 Å². The van der Waals surface area contributed by atoms with Gasteiger partial charge in [0.2, 0.25) is 0 Å². The van der Waals surface area contributed by atoms with Gasteiger partial charge < -0.3 is 9.64 Å². The average Bonchev–Trinajstić information content (AvgIpc) is 2.62. The summed E-state index contributed by atoms with van der Waals surface area (Å²) in [6.45, 7) is 6.12. The molecule has 0 unspecified atom stereocenters. The summed E-state index contributed by atoms with van der Waals surface area (Å²) < 4.78 is 5.25. The number of nitrogens with zero attached hydrogens (tertiary/aromatic N) is 3. The van der Waals surface area contributed by atoms with Crippen LogP contribution in [0.2, 0.25) is 0 Å². The van der Waals surface area contributed by atoms with Crippen molar-refractivity contribution in [2.75, 3.05) is 43.1 Å². The van der Waals surface area contributed by atoms with Crippen molar-refractivity contribution in [3.63, 3.8) is 0 Å². The summed E-state index contributed by atoms with van der Waals surface area (Å²) in [5.41, 5.74) is 3.93. The first kappa shape index (κ1) is 16.3. The Kier molecular flexibility index (Phi) is 4.97. The number of aryl methyl sites for hydroxylation is 1. The third-order valence-corrected chi connectivity index (χ3v) is 4.39. The molecule has 2 aromatic rings. The Morgan fingerprint density at radius 3 is 2.42 bits per heavy atom. The molecule has 0 atom stereocenters. The first-order valence-electron chi connectivity index (χ1n) is 8.22. The van der Waals surface area contributed by atoms with Crippen LogP contribution in [0.1, 0.15) is 16.8 Å². The number of pyridine rings is 1. The number of aromatic amines is 1. The number of nitrogens with one attached hydrogen (secondary N) is 1. The van der Waals surface area contributed by atoms with Gasteiger partial charge in [-0.25, -0.2) is 4.98 Å². The molecule has 1 fully saturated rings. The Bertz CT molecular complexity index is 731. The Morgan fingerprint density at radius 2 is 1.79 bits per heavy atom. The van der Waals surface area contributed by atoms with Gasteiger partial charge >= 0.3 is 0 Å². The minimum absolute atomic E-state index is 0.454. The number of methoxy groups -OCH3 is 1. The predicted octanol–water partition coefficient (Wildman–Crippen LogP) is 2.15. The second-order valence-electron chi connectivity index (χ2n) is 6.06. The monoisotopic (exact) mass is 323 g/mol. The summed E-state index contributed by atoms with van der Waals surface area (Å²) in [7, 11) is 1.66. The molecule has 124 valence electrons. The van der Waals surface area contributed by atoms with Crippen LogP contribution in [-0.4, -0.2) is 33.3 Å². The van der Waals surface area contributed by atoms with E-state index in [4.69, 9.17) is 4.74 Å². The third-order valence-electron chi connectivity index (χ3n) is 4.39. The van der Waals surface area contributed by atoms with Gasteiger partial charge in [0.25, 0.3) is 5.82 Å². The van der Waals surface area contributed by atoms with E-state index in [1.165, 1.54) is 5.69 Å². The number of aromatic nitrogens is 1. The maximum Gasteiger partial charge on any atom is 0.293 e. The Hall–Kier alpha value is -2.58. The quantitative estimate of drug-likeness (QED) is 0.865. The molecule has 1 aliphatic rings. The summed E-state index contributed by atoms with van der Waals surface area (Å²) in [5.74, 6) is 0.914. The van der Waals surface area contributed by atoms with Crippen molar-refractivity contribution in [2.24, 2.45) is 0 Å². The summed E-state index contributed by atoms with van der Waals surface area (Å²) >= 11 is 0. The second-order valence-corrected chi connectivity index (χ2v) is 6.06. The third kappa shape index (κ3) is 3.34. The molecular weight excluding hydrogens is 300 g/mol. The van der Waals surface area contributed by atoms with Gasteiger partial charge in [-0.3, -0.25) is 4.90 Å². The van der Waals surface area contributed by atoms with Crippen molar-refractivity contribution in [3.05, 3.63) is 53.2 Å². The van der Waals surface area contributed by atoms with Crippen LogP contribution < -0.4 is 14.8 Å². The fourth-order valence-corrected chi connectivity index (χ4v) is 3.23. The van der Waals surface area contributed by atoms with E-state index in [0.717, 1.165) is 43.3 Å². The van der Waals surface area contributed by atoms with E-state index in [0.29, 0.717) is 12.2 Å². The zero-order valence-electron chi connectivity index (χ0n) is 14.2. The Labute approximate surface area is 143 Å². The lowest BCUT2D eigenvalue weighted by molar-refractivity contribution is -0.374. The molecule has 1 aliphatic heterocycles. The highest BCUT2D eigenvalue weighted by atomic mass is 16.5. The molecule has 1 saturated heterocycles. The summed E-state index contributed by atoms with van der Waals surface area (Å²) in [4.78, 5) is 8.03. The molecule has 0 spiro atoms. The average molecular weight is 323 g/mol. The number of hydrogen-bond acceptors (Lipinski definition) is 4. The normalized spacial score (nSPS) is 14.5. The SMILES string of the molecule is COCc1cc(C)[nH+]c(N2CCN(c3ccccc3)CC2)c1C#N. The number of hydrogen-bond donors (Lipinski definition) is 0. The van der Waals surface area contributed by atoms with E-state index in [2.05, 4.69) is 45.1 Å². The van der Waals surface area contributed by atoms with Gasteiger partial charge in [-0.1, -0.05) is 18.2 Å². The zero-order chi connectivity index (χ0) is 16.9. The summed E-state index contributed by atoms with van der Waals surface area (Å²) in [6.07, 6.45) is 0. The number of rotatable bonds is 4. The molecule has 1 aromatic carbocycles. The highest BCUT2D eigenvalue weighted by Crippen LogP contribution is 2.23. The van der Waals surface area contributed by atoms with E-state index >= 15 is 0 Å². The molecular formula is C19H23N4O+. The summed E-state index contributed by atoms with van der Waals surface area (Å²) in [6, 6.07) is 14.8. The maximum atomic E-state index is 9.61. The highest BCUT2D eigenvalue weighted by molar-refractivity contribution is 5.56. The molecule has 1 N–H and O–H groups in total. The predicted molar refractivity (Wildman–Crippen MR) is 94.0 cm³/mol. The molecule has 0 radical (unpaired) electrons. The van der Waals surface area contributed by atoms with Crippen LogP contribution in [0.5, 0.6) is 0 Å². The van der Waals surface area contributed by atoms with Gasteiger partial charge in [-0.15, -0.1) is 0 Å². The van der Waals surface area contributed by atoms with Crippen LogP contribution in [0, 0.1) is 18.3 Å². The van der Waals surface area contributed by atoms with E-state index in [1.807, 2.05) is 19.1 Å². The minimum atomic E-state index is 0.454. The molecule has 1 aromatic heterocycles. The number of piperazine rings is 1. The zero-order valence-corrected chi connectivity index (χ0v) is 14.2. The van der Waals surface area contributed by atoms with Gasteiger partial charge in [-0.05, 0) is 25.1 Å². The molecule has 0 aliphatic carbocycles. The van der Waals surface area contributed by atoms with E-state index in [9.17, 15) is 5.26 Å². The molecule has 24 heavy (non-hydrogen) atoms. The number of anilines is 2. The van der Waals surface area contributed by atoms with Crippen molar-refractivity contribution in [1.82, 2.24) is 0 Å². The molecule has 3 rings (SSSR count). The Balaban J connectivity index is 1.80. The van der Waals surface area contributed by atoms with Crippen molar-refractivity contribution in [1.29, 1.82) is 5.26 Å². The molecule has 5 nitrogen and oxygen atoms in total. The van der Waals surface area contributed by atoms with Gasteiger partial charge in [0.15, 0.2) is 0 Å². The van der Waals surface area contributed by atoms with Crippen LogP contribution in [0.3, 0.4) is 0 Å². The molecule has 0 bridgehead atoms. The number of ether oxygens (including phenoxy) is 1. The van der Waals surface area contributed by atoms with Crippen LogP contribution >= 0.6 is 0 Å². The molecule has 0 saturated carbocycles. The van der Waals surface area contributed by atoms with E-state index in [1.54, 1.807) is 7.11 Å². The van der Waals surface area contributed by atoms with Crippen molar-refractivity contribution >= 4 is 11.5 Å². The van der Waals surface area contributed by atoms with Crippen LogP contribution in [0.4, 0.5) is 11.5 Å². The maximum absolute atomic E-state index is 9.61. The number of benzene rings is 1. The van der Waals surface area contributed by atoms with Gasteiger partial charge in [0.1, 0.15) is 24.7 Å². The lowest BCUT2D eigenvalue weighted by atomic mass is 10.1. The van der Waals surface area contributed by atoms with Gasteiger partial charge in [-0.2, -0.15) is 5.26 Å². The largest absolute Gasteiger partial charge is 0.380 e. The number of nitriles is 1. The second kappa shape index (κ2) is 7.33. The smallest absolute Gasteiger partial charge is 0.293 e. The first-order chi connectivity index (χ1) is 11.7. The number of para-hydroxylation sites is 1. The number of H-pyrrole nitrogens is 1. The first-order valence-corrected chi connectivity index (χ1v) is 8.22. The fourth-order valence-electron chi connectivity index (χ4n) is 3.23. The van der Waals surface area contributed by atoms with Gasteiger partial charge in [0.05, 0.1) is 25.4 Å². The standard InChI is InChI=1S/C19H22N4O/c1-15-12-16(14-24-2)18(13-20)19(21-15)23-10-8-22(9-11-23)17-6-4-3-5-7-17/h3-7,12H,8-11,14H2,1-2H3/p+1. The van der Waals surface area contributed by atoms with Gasteiger partial charge in [0, 0.05) is 18.4 Å². The Morgan fingerprint density at radius 1 is 1.12 bits per heavy atom. The molecule has 0 amide bonds. The van der Waals surface area contributed by atoms with Crippen molar-refractivity contribution in [2.45, 2.75) is 13.5 Å². The van der Waals surface area contributed by atoms with Crippen LogP contribution in [-0.2, 0) is 11.3 Å². The minimum Gasteiger partial charge on any atom is -0.380 e. The molecule has 2 heterocycles. The lowest BCUT2D eigenvalue weighted by Crippen LogP contribution is -2.48. The van der Waals surface area contributed by atoms with E-state index in [-0.39, 0.29) is 0 Å². The van der Waals surface area contributed by atoms with Crippen molar-refractivity contribution < 1.29 is 9.72 Å². The highest BCUT2D eigenvalue weighted by Gasteiger charge is 2.28. The van der Waals surface area contributed by atoms with Crippen molar-refractivity contribution in [3.8, 4) is 6.07 Å². The van der Waals surface area contributed by atoms with Crippen LogP contribution in [0.15, 0.2) is 36.4 Å². The van der Waals surface area contributed by atoms with Crippen LogP contribution in [0.25, 0.3) is 0 Å². The fraction of sp³-hybridized carbons (Fsp3) is 0.368. The molecule has 5 heteroatoms. The van der Waals surface area contributed by atoms with E-state index < -0.39 is 0 Å². The summed E-state index contributed by atoms with van der Waals surface area (Å²) in [5, 5.41) is 9.61. The lowest BCUT2D eigenvalue weighted by Gasteiger charge is -2.33.